The lowest BCUT2D eigenvalue weighted by Crippen LogP contribution is -1.93. The number of para-hydroxylation sites is 1. The molecule has 0 aliphatic heterocycles. The van der Waals surface area contributed by atoms with Crippen LogP contribution in [0.3, 0.4) is 0 Å². The van der Waals surface area contributed by atoms with Crippen molar-refractivity contribution in [3.05, 3.63) is 220 Å². The lowest BCUT2D eigenvalue weighted by molar-refractivity contribution is 1.17. The smallest absolute Gasteiger partial charge is 0.115 e. The maximum atomic E-state index is 4.57. The summed E-state index contributed by atoms with van der Waals surface area (Å²) in [6.07, 6.45) is 14.4. The molecule has 0 amide bonds. The molecular weight excluding hydrogens is 745 g/mol. The van der Waals surface area contributed by atoms with E-state index >= 15 is 0 Å². The van der Waals surface area contributed by atoms with E-state index in [4.69, 9.17) is 0 Å². The van der Waals surface area contributed by atoms with Crippen LogP contribution in [0.1, 0.15) is 0 Å². The average Bonchev–Trinajstić information content (AvgIpc) is 3.68. The van der Waals surface area contributed by atoms with Gasteiger partial charge in [0, 0.05) is 64.8 Å². The summed E-state index contributed by atoms with van der Waals surface area (Å²) >= 11 is 0. The van der Waals surface area contributed by atoms with E-state index in [2.05, 4.69) is 199 Å². The van der Waals surface area contributed by atoms with Gasteiger partial charge >= 0.3 is 0 Å². The first kappa shape index (κ1) is 35.8. The first-order valence-corrected chi connectivity index (χ1v) is 20.2. The standard InChI is InChI=1S/C55H36N6/c1-2-16-51(17-3-1)61-54-19-18-45(29-52(54)53-34-56-21-20-55(53)61)48-27-46(41-12-4-8-37(22-41)39-10-6-14-43(24-39)49-30-57-35-58-31-49)26-47(28-48)42-13-5-9-38(23-42)40-11-7-15-44(25-40)50-32-59-36-60-33-50/h1-36H. The molecule has 0 aliphatic rings. The zero-order chi connectivity index (χ0) is 40.5. The molecule has 0 saturated carbocycles. The Labute approximate surface area is 353 Å². The number of aromatic nitrogens is 6. The first-order chi connectivity index (χ1) is 30.2. The molecule has 6 heteroatoms. The molecule has 11 aromatic rings. The van der Waals surface area contributed by atoms with Gasteiger partial charge in [0.2, 0.25) is 0 Å². The van der Waals surface area contributed by atoms with Crippen molar-refractivity contribution in [2.75, 3.05) is 0 Å². The minimum Gasteiger partial charge on any atom is -0.309 e. The number of rotatable bonds is 8. The monoisotopic (exact) mass is 780 g/mol. The van der Waals surface area contributed by atoms with Crippen LogP contribution < -0.4 is 0 Å². The molecule has 61 heavy (non-hydrogen) atoms. The summed E-state index contributed by atoms with van der Waals surface area (Å²) in [5, 5.41) is 2.28. The van der Waals surface area contributed by atoms with Crippen LogP contribution in [0, 0.1) is 0 Å². The van der Waals surface area contributed by atoms with Gasteiger partial charge in [0.05, 0.1) is 11.0 Å². The predicted octanol–water partition coefficient (Wildman–Crippen LogP) is 13.4. The molecule has 4 aromatic heterocycles. The van der Waals surface area contributed by atoms with E-state index in [1.54, 1.807) is 12.7 Å². The molecule has 11 rings (SSSR count). The number of benzene rings is 7. The van der Waals surface area contributed by atoms with Crippen molar-refractivity contribution in [1.82, 2.24) is 29.5 Å². The van der Waals surface area contributed by atoms with Crippen molar-refractivity contribution in [2.24, 2.45) is 0 Å². The van der Waals surface area contributed by atoms with Gasteiger partial charge in [-0.15, -0.1) is 0 Å². The lowest BCUT2D eigenvalue weighted by atomic mass is 9.90. The highest BCUT2D eigenvalue weighted by molar-refractivity contribution is 6.10. The van der Waals surface area contributed by atoms with Crippen molar-refractivity contribution < 1.29 is 0 Å². The van der Waals surface area contributed by atoms with Gasteiger partial charge in [-0.2, -0.15) is 0 Å². The molecule has 0 unspecified atom stereocenters. The second-order valence-corrected chi connectivity index (χ2v) is 15.2. The Hall–Kier alpha value is -8.35. The Balaban J connectivity index is 1.06. The molecule has 0 spiro atoms. The number of nitrogens with zero attached hydrogens (tertiary/aromatic N) is 6. The van der Waals surface area contributed by atoms with Crippen LogP contribution in [0.15, 0.2) is 220 Å². The lowest BCUT2D eigenvalue weighted by Gasteiger charge is -2.14. The second kappa shape index (κ2) is 15.4. The highest BCUT2D eigenvalue weighted by Gasteiger charge is 2.16. The Morgan fingerprint density at radius 2 is 0.656 bits per heavy atom. The van der Waals surface area contributed by atoms with Crippen molar-refractivity contribution in [2.45, 2.75) is 0 Å². The van der Waals surface area contributed by atoms with Crippen LogP contribution in [0.25, 0.3) is 105 Å². The van der Waals surface area contributed by atoms with Crippen LogP contribution in [0.2, 0.25) is 0 Å². The molecule has 0 aliphatic carbocycles. The molecular formula is C55H36N6. The maximum absolute atomic E-state index is 4.57. The van der Waals surface area contributed by atoms with Gasteiger partial charge in [-0.25, -0.2) is 19.9 Å². The molecule has 0 bridgehead atoms. The highest BCUT2D eigenvalue weighted by atomic mass is 15.0. The molecule has 0 fully saturated rings. The van der Waals surface area contributed by atoms with E-state index in [9.17, 15) is 0 Å². The van der Waals surface area contributed by atoms with Gasteiger partial charge in [0.15, 0.2) is 0 Å². The van der Waals surface area contributed by atoms with E-state index in [1.165, 1.54) is 0 Å². The zero-order valence-corrected chi connectivity index (χ0v) is 33.0. The summed E-state index contributed by atoms with van der Waals surface area (Å²) in [6, 6.07) is 61.3. The Kier molecular flexibility index (Phi) is 9.06. The Morgan fingerprint density at radius 3 is 1.13 bits per heavy atom. The van der Waals surface area contributed by atoms with Crippen molar-refractivity contribution in [3.63, 3.8) is 0 Å². The number of pyridine rings is 1. The van der Waals surface area contributed by atoms with Crippen LogP contribution in [0.4, 0.5) is 0 Å². The van der Waals surface area contributed by atoms with Crippen LogP contribution >= 0.6 is 0 Å². The zero-order valence-electron chi connectivity index (χ0n) is 33.0. The Morgan fingerprint density at radius 1 is 0.262 bits per heavy atom. The summed E-state index contributed by atoms with van der Waals surface area (Å²) < 4.78 is 2.33. The van der Waals surface area contributed by atoms with Crippen molar-refractivity contribution in [1.29, 1.82) is 0 Å². The fourth-order valence-corrected chi connectivity index (χ4v) is 8.44. The summed E-state index contributed by atoms with van der Waals surface area (Å²) in [7, 11) is 0. The van der Waals surface area contributed by atoms with Gasteiger partial charge in [-0.3, -0.25) is 4.98 Å². The third-order valence-electron chi connectivity index (χ3n) is 11.4. The molecule has 0 atom stereocenters. The van der Waals surface area contributed by atoms with Crippen molar-refractivity contribution in [3.8, 4) is 83.6 Å². The van der Waals surface area contributed by atoms with Crippen LogP contribution in [-0.4, -0.2) is 29.5 Å². The van der Waals surface area contributed by atoms with Gasteiger partial charge in [0.25, 0.3) is 0 Å². The third kappa shape index (κ3) is 6.92. The fraction of sp³-hybridized carbons (Fsp3) is 0. The minimum absolute atomic E-state index is 0.987. The molecule has 6 nitrogen and oxygen atoms in total. The quantitative estimate of drug-likeness (QED) is 0.154. The molecule has 4 heterocycles. The van der Waals surface area contributed by atoms with E-state index in [0.717, 1.165) is 105 Å². The average molecular weight is 781 g/mol. The van der Waals surface area contributed by atoms with Gasteiger partial charge in [-0.1, -0.05) is 97.1 Å². The van der Waals surface area contributed by atoms with E-state index < -0.39 is 0 Å². The molecule has 7 aromatic carbocycles. The van der Waals surface area contributed by atoms with E-state index in [-0.39, 0.29) is 0 Å². The van der Waals surface area contributed by atoms with Crippen LogP contribution in [0.5, 0.6) is 0 Å². The van der Waals surface area contributed by atoms with Gasteiger partial charge in [0.1, 0.15) is 12.7 Å². The first-order valence-electron chi connectivity index (χ1n) is 20.2. The van der Waals surface area contributed by atoms with Crippen molar-refractivity contribution >= 4 is 21.8 Å². The largest absolute Gasteiger partial charge is 0.309 e. The number of hydrogen-bond acceptors (Lipinski definition) is 5. The normalized spacial score (nSPS) is 11.3. The maximum Gasteiger partial charge on any atom is 0.115 e. The Bertz CT molecular complexity index is 3220. The highest BCUT2D eigenvalue weighted by Crippen LogP contribution is 2.39. The number of fused-ring (bicyclic) bond motifs is 3. The predicted molar refractivity (Wildman–Crippen MR) is 248 cm³/mol. The number of hydrogen-bond donors (Lipinski definition) is 0. The van der Waals surface area contributed by atoms with Crippen LogP contribution in [-0.2, 0) is 0 Å². The molecule has 286 valence electrons. The summed E-state index contributed by atoms with van der Waals surface area (Å²) in [6.45, 7) is 0. The SMILES string of the molecule is c1ccc(-n2c3ccncc3c3cc(-c4cc(-c5cccc(-c6cccc(-c7cncnc7)c6)c5)cc(-c5cccc(-c6cccc(-c7cncnc7)c6)c5)c4)ccc32)cc1. The third-order valence-corrected chi connectivity index (χ3v) is 11.4. The summed E-state index contributed by atoms with van der Waals surface area (Å²) in [5.74, 6) is 0. The van der Waals surface area contributed by atoms with Gasteiger partial charge < -0.3 is 4.57 Å². The topological polar surface area (TPSA) is 69.4 Å². The molecule has 0 radical (unpaired) electrons. The van der Waals surface area contributed by atoms with E-state index in [0.29, 0.717) is 0 Å². The minimum atomic E-state index is 0.987. The van der Waals surface area contributed by atoms with E-state index in [1.807, 2.05) is 37.2 Å². The second-order valence-electron chi connectivity index (χ2n) is 15.2. The molecule has 0 saturated heterocycles. The van der Waals surface area contributed by atoms with Gasteiger partial charge in [-0.05, 0) is 140 Å². The fourth-order valence-electron chi connectivity index (χ4n) is 8.44. The summed E-state index contributed by atoms with van der Waals surface area (Å²) in [4.78, 5) is 21.6. The molecule has 0 N–H and O–H groups in total. The summed E-state index contributed by atoms with van der Waals surface area (Å²) in [5.41, 5.74) is 18.8.